The minimum absolute atomic E-state index is 0.166. The van der Waals surface area contributed by atoms with Gasteiger partial charge < -0.3 is 15.4 Å². The van der Waals surface area contributed by atoms with E-state index >= 15 is 0 Å². The zero-order valence-corrected chi connectivity index (χ0v) is 14.9. The van der Waals surface area contributed by atoms with Crippen LogP contribution in [0, 0.1) is 6.92 Å². The first-order valence-electron chi connectivity index (χ1n) is 8.35. The second-order valence-electron chi connectivity index (χ2n) is 5.83. The summed E-state index contributed by atoms with van der Waals surface area (Å²) in [5.41, 5.74) is 2.86. The first kappa shape index (κ1) is 18.5. The maximum atomic E-state index is 12.4. The van der Waals surface area contributed by atoms with Crippen molar-refractivity contribution in [1.82, 2.24) is 5.32 Å². The molecule has 0 atom stereocenters. The van der Waals surface area contributed by atoms with E-state index in [0.29, 0.717) is 17.8 Å². The van der Waals surface area contributed by atoms with Crippen molar-refractivity contribution in [2.24, 2.45) is 0 Å². The largest absolute Gasteiger partial charge is 0.496 e. The average Bonchev–Trinajstić information content (AvgIpc) is 2.60. The maximum Gasteiger partial charge on any atom is 0.253 e. The average molecular weight is 340 g/mol. The van der Waals surface area contributed by atoms with Gasteiger partial charge in [0.25, 0.3) is 5.91 Å². The number of benzene rings is 2. The van der Waals surface area contributed by atoms with Crippen molar-refractivity contribution in [3.63, 3.8) is 0 Å². The van der Waals surface area contributed by atoms with E-state index in [9.17, 15) is 9.59 Å². The number of aryl methyl sites for hydroxylation is 1. The molecule has 0 unspecified atom stereocenters. The van der Waals surface area contributed by atoms with E-state index in [0.717, 1.165) is 23.3 Å². The maximum absolute atomic E-state index is 12.4. The van der Waals surface area contributed by atoms with Crippen molar-refractivity contribution in [2.45, 2.75) is 26.7 Å². The zero-order chi connectivity index (χ0) is 18.2. The van der Waals surface area contributed by atoms with Crippen LogP contribution in [0.25, 0.3) is 0 Å². The highest BCUT2D eigenvalue weighted by Gasteiger charge is 2.13. The zero-order valence-electron chi connectivity index (χ0n) is 14.9. The van der Waals surface area contributed by atoms with Crippen molar-refractivity contribution in [3.8, 4) is 5.75 Å². The van der Waals surface area contributed by atoms with Gasteiger partial charge in [-0.25, -0.2) is 0 Å². The number of nitrogens with one attached hydrogen (secondary N) is 2. The molecule has 0 saturated heterocycles. The van der Waals surface area contributed by atoms with E-state index in [4.69, 9.17) is 4.74 Å². The summed E-state index contributed by atoms with van der Waals surface area (Å²) in [4.78, 5) is 24.6. The highest BCUT2D eigenvalue weighted by Crippen LogP contribution is 2.20. The van der Waals surface area contributed by atoms with Crippen molar-refractivity contribution in [3.05, 3.63) is 59.2 Å². The number of ether oxygens (including phenoxy) is 1. The second kappa shape index (κ2) is 8.87. The van der Waals surface area contributed by atoms with E-state index in [1.165, 1.54) is 0 Å². The fourth-order valence-electron chi connectivity index (χ4n) is 2.55. The number of carbonyl (C=O) groups excluding carboxylic acids is 2. The molecule has 5 nitrogen and oxygen atoms in total. The Morgan fingerprint density at radius 1 is 1.12 bits per heavy atom. The van der Waals surface area contributed by atoms with Crippen LogP contribution in [0.1, 0.15) is 34.8 Å². The molecule has 0 heterocycles. The van der Waals surface area contributed by atoms with E-state index in [-0.39, 0.29) is 18.2 Å². The van der Waals surface area contributed by atoms with E-state index < -0.39 is 0 Å². The number of rotatable bonds is 7. The lowest BCUT2D eigenvalue weighted by atomic mass is 10.1. The van der Waals surface area contributed by atoms with Crippen LogP contribution in [0.3, 0.4) is 0 Å². The van der Waals surface area contributed by atoms with Crippen LogP contribution < -0.4 is 15.4 Å². The molecule has 2 N–H and O–H groups in total. The summed E-state index contributed by atoms with van der Waals surface area (Å²) in [5, 5.41) is 5.66. The molecule has 0 saturated carbocycles. The van der Waals surface area contributed by atoms with Crippen LogP contribution in [0.4, 0.5) is 5.69 Å². The molecule has 2 amide bonds. The highest BCUT2D eigenvalue weighted by molar-refractivity contribution is 6.04. The predicted molar refractivity (Wildman–Crippen MR) is 99.1 cm³/mol. The number of para-hydroxylation sites is 1. The van der Waals surface area contributed by atoms with Gasteiger partial charge in [-0.15, -0.1) is 0 Å². The normalized spacial score (nSPS) is 10.2. The summed E-state index contributed by atoms with van der Waals surface area (Å²) >= 11 is 0. The molecule has 0 bridgehead atoms. The van der Waals surface area contributed by atoms with E-state index in [2.05, 4.69) is 10.6 Å². The summed E-state index contributed by atoms with van der Waals surface area (Å²) in [6.45, 7) is 4.53. The lowest BCUT2D eigenvalue weighted by Gasteiger charge is -2.12. The Labute approximate surface area is 148 Å². The lowest BCUT2D eigenvalue weighted by Crippen LogP contribution is -2.26. The number of amides is 2. The summed E-state index contributed by atoms with van der Waals surface area (Å²) in [5.74, 6) is 0.445. The molecule has 0 aliphatic carbocycles. The first-order chi connectivity index (χ1) is 12.0. The molecular formula is C20H24N2O3. The Bertz CT molecular complexity index is 756. The monoisotopic (exact) mass is 340 g/mol. The molecule has 0 fully saturated rings. The number of methoxy groups -OCH3 is 1. The number of hydrogen-bond acceptors (Lipinski definition) is 3. The van der Waals surface area contributed by atoms with Crippen LogP contribution >= 0.6 is 0 Å². The smallest absolute Gasteiger partial charge is 0.253 e. The Morgan fingerprint density at radius 2 is 1.88 bits per heavy atom. The van der Waals surface area contributed by atoms with Crippen LogP contribution in [0.15, 0.2) is 42.5 Å². The van der Waals surface area contributed by atoms with Crippen molar-refractivity contribution in [2.75, 3.05) is 19.0 Å². The van der Waals surface area contributed by atoms with Gasteiger partial charge in [-0.05, 0) is 42.7 Å². The molecule has 0 spiro atoms. The molecule has 132 valence electrons. The fourth-order valence-corrected chi connectivity index (χ4v) is 2.55. The Morgan fingerprint density at radius 3 is 2.56 bits per heavy atom. The van der Waals surface area contributed by atoms with Gasteiger partial charge >= 0.3 is 0 Å². The third-order valence-electron chi connectivity index (χ3n) is 3.81. The van der Waals surface area contributed by atoms with Crippen molar-refractivity contribution in [1.29, 1.82) is 0 Å². The summed E-state index contributed by atoms with van der Waals surface area (Å²) in [6, 6.07) is 12.7. The second-order valence-corrected chi connectivity index (χ2v) is 5.83. The molecule has 0 aromatic heterocycles. The van der Waals surface area contributed by atoms with Gasteiger partial charge in [0.2, 0.25) is 5.91 Å². The molecule has 0 aliphatic heterocycles. The fraction of sp³-hybridized carbons (Fsp3) is 0.300. The van der Waals surface area contributed by atoms with Gasteiger partial charge in [0.1, 0.15) is 5.75 Å². The molecule has 2 rings (SSSR count). The SMILES string of the molecule is CCCNC(=O)c1ccccc1NC(=O)Cc1ccc(OC)c(C)c1. The van der Waals surface area contributed by atoms with E-state index in [1.807, 2.05) is 32.0 Å². The van der Waals surface area contributed by atoms with Gasteiger partial charge in [-0.2, -0.15) is 0 Å². The van der Waals surface area contributed by atoms with Crippen LogP contribution in [-0.4, -0.2) is 25.5 Å². The molecule has 0 aliphatic rings. The van der Waals surface area contributed by atoms with Crippen LogP contribution in [0.2, 0.25) is 0 Å². The summed E-state index contributed by atoms with van der Waals surface area (Å²) in [7, 11) is 1.62. The van der Waals surface area contributed by atoms with Crippen molar-refractivity contribution >= 4 is 17.5 Å². The van der Waals surface area contributed by atoms with Gasteiger partial charge in [-0.3, -0.25) is 9.59 Å². The van der Waals surface area contributed by atoms with Gasteiger partial charge in [-0.1, -0.05) is 31.2 Å². The van der Waals surface area contributed by atoms with Gasteiger partial charge in [0, 0.05) is 6.54 Å². The quantitative estimate of drug-likeness (QED) is 0.812. The first-order valence-corrected chi connectivity index (χ1v) is 8.35. The molecule has 2 aromatic carbocycles. The minimum atomic E-state index is -0.182. The Hall–Kier alpha value is -2.82. The van der Waals surface area contributed by atoms with Crippen LogP contribution in [-0.2, 0) is 11.2 Å². The number of hydrogen-bond donors (Lipinski definition) is 2. The number of anilines is 1. The standard InChI is InChI=1S/C20H24N2O3/c1-4-11-21-20(24)16-7-5-6-8-17(16)22-19(23)13-15-9-10-18(25-3)14(2)12-15/h5-10,12H,4,11,13H2,1-3H3,(H,21,24)(H,22,23). The molecule has 2 aromatic rings. The molecule has 0 radical (unpaired) electrons. The Balaban J connectivity index is 2.08. The molecular weight excluding hydrogens is 316 g/mol. The topological polar surface area (TPSA) is 67.4 Å². The third-order valence-corrected chi connectivity index (χ3v) is 3.81. The predicted octanol–water partition coefficient (Wildman–Crippen LogP) is 3.32. The van der Waals surface area contributed by atoms with Gasteiger partial charge in [0.05, 0.1) is 24.8 Å². The Kier molecular flexibility index (Phi) is 6.57. The minimum Gasteiger partial charge on any atom is -0.496 e. The highest BCUT2D eigenvalue weighted by atomic mass is 16.5. The number of carbonyl (C=O) groups is 2. The summed E-state index contributed by atoms with van der Waals surface area (Å²) < 4.78 is 5.23. The van der Waals surface area contributed by atoms with Crippen molar-refractivity contribution < 1.29 is 14.3 Å². The molecule has 25 heavy (non-hydrogen) atoms. The van der Waals surface area contributed by atoms with Gasteiger partial charge in [0.15, 0.2) is 0 Å². The van der Waals surface area contributed by atoms with E-state index in [1.54, 1.807) is 31.4 Å². The lowest BCUT2D eigenvalue weighted by molar-refractivity contribution is -0.115. The third kappa shape index (κ3) is 5.08. The summed E-state index contributed by atoms with van der Waals surface area (Å²) in [6.07, 6.45) is 1.09. The molecule has 5 heteroatoms. The van der Waals surface area contributed by atoms with Crippen LogP contribution in [0.5, 0.6) is 5.75 Å².